The Morgan fingerprint density at radius 3 is 2.28 bits per heavy atom. The molecule has 0 aliphatic heterocycles. The lowest BCUT2D eigenvalue weighted by atomic mass is 9.91. The van der Waals surface area contributed by atoms with Crippen molar-refractivity contribution in [3.63, 3.8) is 0 Å². The van der Waals surface area contributed by atoms with Crippen LogP contribution in [0.5, 0.6) is 0 Å². The largest absolute Gasteiger partial charge is 0.332 e. The first-order chi connectivity index (χ1) is 13.7. The van der Waals surface area contributed by atoms with Gasteiger partial charge in [0.05, 0.1) is 6.54 Å². The van der Waals surface area contributed by atoms with Crippen LogP contribution in [0.3, 0.4) is 0 Å². The van der Waals surface area contributed by atoms with Gasteiger partial charge in [-0.1, -0.05) is 57.2 Å². The first kappa shape index (κ1) is 22.9. The van der Waals surface area contributed by atoms with Crippen molar-refractivity contribution in [2.45, 2.75) is 47.2 Å². The van der Waals surface area contributed by atoms with Crippen molar-refractivity contribution in [2.24, 2.45) is 5.41 Å². The summed E-state index contributed by atoms with van der Waals surface area (Å²) >= 11 is 1.66. The lowest BCUT2D eigenvalue weighted by Crippen LogP contribution is -2.43. The Morgan fingerprint density at radius 2 is 1.72 bits per heavy atom. The van der Waals surface area contributed by atoms with Gasteiger partial charge in [-0.05, 0) is 34.9 Å². The predicted molar refractivity (Wildman–Crippen MR) is 121 cm³/mol. The number of hydrogen-bond donors (Lipinski definition) is 0. The fourth-order valence-electron chi connectivity index (χ4n) is 3.01. The molecule has 0 radical (unpaired) electrons. The second-order valence-corrected chi connectivity index (χ2v) is 9.56. The maximum atomic E-state index is 13.2. The van der Waals surface area contributed by atoms with Crippen LogP contribution in [0.4, 0.5) is 0 Å². The molecule has 1 aromatic heterocycles. The molecule has 2 aromatic rings. The second-order valence-electron chi connectivity index (χ2n) is 8.56. The predicted octanol–water partition coefficient (Wildman–Crippen LogP) is 5.04. The standard InChI is InChI=1S/C24H32N2O2S/c1-6-13-25(22(27)15-24(3,4)5)18-23(28)26(16-20-10-8-7-9-11-20)17-21-19(2)12-14-29-21/h6-12,14H,1,13,15-18H2,2-5H3. The minimum Gasteiger partial charge on any atom is -0.332 e. The Bertz CT molecular complexity index is 821. The normalized spacial score (nSPS) is 11.2. The zero-order valence-corrected chi connectivity index (χ0v) is 18.8. The molecule has 0 spiro atoms. The Kier molecular flexibility index (Phi) is 8.21. The highest BCUT2D eigenvalue weighted by molar-refractivity contribution is 7.10. The quantitative estimate of drug-likeness (QED) is 0.542. The van der Waals surface area contributed by atoms with Crippen molar-refractivity contribution in [1.82, 2.24) is 9.80 Å². The van der Waals surface area contributed by atoms with Gasteiger partial charge in [0.25, 0.3) is 0 Å². The van der Waals surface area contributed by atoms with Crippen molar-refractivity contribution >= 4 is 23.2 Å². The van der Waals surface area contributed by atoms with Gasteiger partial charge in [-0.25, -0.2) is 0 Å². The van der Waals surface area contributed by atoms with Crippen LogP contribution in [0.25, 0.3) is 0 Å². The molecule has 0 aliphatic rings. The summed E-state index contributed by atoms with van der Waals surface area (Å²) in [5, 5.41) is 2.05. The Balaban J connectivity index is 2.18. The number of hydrogen-bond acceptors (Lipinski definition) is 3. The summed E-state index contributed by atoms with van der Waals surface area (Å²) in [6.45, 7) is 13.4. The van der Waals surface area contributed by atoms with E-state index in [0.29, 0.717) is 26.1 Å². The summed E-state index contributed by atoms with van der Waals surface area (Å²) in [5.74, 6) is -0.0662. The first-order valence-electron chi connectivity index (χ1n) is 9.93. The van der Waals surface area contributed by atoms with Gasteiger partial charge in [0, 0.05) is 24.4 Å². The van der Waals surface area contributed by atoms with Gasteiger partial charge in [0.2, 0.25) is 11.8 Å². The van der Waals surface area contributed by atoms with Crippen LogP contribution in [-0.2, 0) is 22.7 Å². The average Bonchev–Trinajstić information content (AvgIpc) is 3.05. The highest BCUT2D eigenvalue weighted by Gasteiger charge is 2.25. The lowest BCUT2D eigenvalue weighted by molar-refractivity contribution is -0.141. The van der Waals surface area contributed by atoms with Crippen molar-refractivity contribution in [3.8, 4) is 0 Å². The average molecular weight is 413 g/mol. The van der Waals surface area contributed by atoms with E-state index in [0.717, 1.165) is 5.56 Å². The highest BCUT2D eigenvalue weighted by Crippen LogP contribution is 2.21. The van der Waals surface area contributed by atoms with Crippen molar-refractivity contribution in [3.05, 3.63) is 70.4 Å². The van der Waals surface area contributed by atoms with Crippen LogP contribution < -0.4 is 0 Å². The van der Waals surface area contributed by atoms with Crippen LogP contribution >= 0.6 is 11.3 Å². The minimum absolute atomic E-state index is 0.0160. The Morgan fingerprint density at radius 1 is 1.03 bits per heavy atom. The van der Waals surface area contributed by atoms with Crippen molar-refractivity contribution < 1.29 is 9.59 Å². The molecule has 1 heterocycles. The third-order valence-electron chi connectivity index (χ3n) is 4.58. The maximum absolute atomic E-state index is 13.2. The fraction of sp³-hybridized carbons (Fsp3) is 0.417. The number of nitrogens with zero attached hydrogens (tertiary/aromatic N) is 2. The topological polar surface area (TPSA) is 40.6 Å². The minimum atomic E-state index is -0.128. The molecule has 0 saturated carbocycles. The molecule has 0 unspecified atom stereocenters. The molecule has 0 N–H and O–H groups in total. The van der Waals surface area contributed by atoms with Gasteiger partial charge >= 0.3 is 0 Å². The van der Waals surface area contributed by atoms with E-state index >= 15 is 0 Å². The lowest BCUT2D eigenvalue weighted by Gasteiger charge is -2.29. The van der Waals surface area contributed by atoms with E-state index in [-0.39, 0.29) is 23.8 Å². The molecule has 1 aromatic carbocycles. The molecule has 2 amide bonds. The molecule has 0 fully saturated rings. The molecular formula is C24H32N2O2S. The van der Waals surface area contributed by atoms with Gasteiger partial charge in [-0.3, -0.25) is 9.59 Å². The number of amides is 2. The molecular weight excluding hydrogens is 380 g/mol. The monoisotopic (exact) mass is 412 g/mol. The molecule has 2 rings (SSSR count). The molecule has 156 valence electrons. The molecule has 0 bridgehead atoms. The molecule has 0 atom stereocenters. The summed E-state index contributed by atoms with van der Waals surface area (Å²) in [4.78, 5) is 30.6. The third kappa shape index (κ3) is 7.50. The summed E-state index contributed by atoms with van der Waals surface area (Å²) < 4.78 is 0. The van der Waals surface area contributed by atoms with Gasteiger partial charge in [-0.15, -0.1) is 17.9 Å². The van der Waals surface area contributed by atoms with E-state index in [1.54, 1.807) is 22.3 Å². The van der Waals surface area contributed by atoms with Crippen LogP contribution in [0.2, 0.25) is 0 Å². The van der Waals surface area contributed by atoms with E-state index in [1.165, 1.54) is 10.4 Å². The van der Waals surface area contributed by atoms with Crippen LogP contribution in [-0.4, -0.2) is 34.7 Å². The van der Waals surface area contributed by atoms with E-state index in [4.69, 9.17) is 0 Å². The number of benzene rings is 1. The van der Waals surface area contributed by atoms with E-state index < -0.39 is 0 Å². The van der Waals surface area contributed by atoms with Gasteiger partial charge in [-0.2, -0.15) is 0 Å². The fourth-order valence-corrected chi connectivity index (χ4v) is 3.94. The summed E-state index contributed by atoms with van der Waals surface area (Å²) in [6.07, 6.45) is 2.08. The summed E-state index contributed by atoms with van der Waals surface area (Å²) in [5.41, 5.74) is 2.14. The summed E-state index contributed by atoms with van der Waals surface area (Å²) in [7, 11) is 0. The number of carbonyl (C=O) groups is 2. The van der Waals surface area contributed by atoms with Crippen LogP contribution in [0.1, 0.15) is 43.2 Å². The van der Waals surface area contributed by atoms with E-state index in [9.17, 15) is 9.59 Å². The SMILES string of the molecule is C=CCN(CC(=O)N(Cc1ccccc1)Cc1sccc1C)C(=O)CC(C)(C)C. The van der Waals surface area contributed by atoms with Crippen LogP contribution in [0.15, 0.2) is 54.4 Å². The van der Waals surface area contributed by atoms with Crippen LogP contribution in [0, 0.1) is 12.3 Å². The molecule has 29 heavy (non-hydrogen) atoms. The van der Waals surface area contributed by atoms with Gasteiger partial charge in [0.15, 0.2) is 0 Å². The molecule has 0 aliphatic carbocycles. The Labute approximate surface area is 178 Å². The number of rotatable bonds is 9. The highest BCUT2D eigenvalue weighted by atomic mass is 32.1. The van der Waals surface area contributed by atoms with Crippen molar-refractivity contribution in [2.75, 3.05) is 13.1 Å². The van der Waals surface area contributed by atoms with E-state index in [1.807, 2.05) is 61.4 Å². The number of carbonyl (C=O) groups excluding carboxylic acids is 2. The maximum Gasteiger partial charge on any atom is 0.242 e. The number of aryl methyl sites for hydroxylation is 1. The molecule has 0 saturated heterocycles. The third-order valence-corrected chi connectivity index (χ3v) is 5.59. The Hall–Kier alpha value is -2.40. The van der Waals surface area contributed by atoms with Crippen molar-refractivity contribution in [1.29, 1.82) is 0 Å². The molecule has 4 nitrogen and oxygen atoms in total. The first-order valence-corrected chi connectivity index (χ1v) is 10.8. The van der Waals surface area contributed by atoms with Gasteiger partial charge in [0.1, 0.15) is 6.54 Å². The van der Waals surface area contributed by atoms with E-state index in [2.05, 4.69) is 19.6 Å². The smallest absolute Gasteiger partial charge is 0.242 e. The van der Waals surface area contributed by atoms with Gasteiger partial charge < -0.3 is 9.80 Å². The zero-order valence-electron chi connectivity index (χ0n) is 18.0. The molecule has 5 heteroatoms. The second kappa shape index (κ2) is 10.4. The zero-order chi connectivity index (χ0) is 21.4. The summed E-state index contributed by atoms with van der Waals surface area (Å²) in [6, 6.07) is 12.0. The number of thiophene rings is 1.